The summed E-state index contributed by atoms with van der Waals surface area (Å²) < 4.78 is 0. The zero-order chi connectivity index (χ0) is 18.6. The summed E-state index contributed by atoms with van der Waals surface area (Å²) in [6.45, 7) is 5.76. The molecule has 0 heterocycles. The van der Waals surface area contributed by atoms with Gasteiger partial charge >= 0.3 is 5.97 Å². The highest BCUT2D eigenvalue weighted by Crippen LogP contribution is 2.47. The van der Waals surface area contributed by atoms with Crippen LogP contribution in [0.3, 0.4) is 0 Å². The first-order valence-electron chi connectivity index (χ1n) is 9.58. The topological polar surface area (TPSA) is 40.5 Å². The lowest BCUT2D eigenvalue weighted by atomic mass is 9.78. The summed E-state index contributed by atoms with van der Waals surface area (Å²) in [6, 6.07) is 21.3. The van der Waals surface area contributed by atoms with E-state index in [1.54, 1.807) is 0 Å². The van der Waals surface area contributed by atoms with E-state index >= 15 is 0 Å². The Hall–Kier alpha value is -2.13. The number of benzene rings is 2. The number of aliphatic carboxylic acids is 1. The molecule has 0 radical (unpaired) electrons. The van der Waals surface area contributed by atoms with Crippen molar-refractivity contribution in [3.63, 3.8) is 0 Å². The Morgan fingerprint density at radius 2 is 1.54 bits per heavy atom. The van der Waals surface area contributed by atoms with Crippen molar-refractivity contribution in [2.24, 2.45) is 11.3 Å². The molecule has 0 bridgehead atoms. The van der Waals surface area contributed by atoms with E-state index in [0.29, 0.717) is 6.04 Å². The third-order valence-electron chi connectivity index (χ3n) is 6.07. The van der Waals surface area contributed by atoms with E-state index in [0.717, 1.165) is 32.4 Å². The van der Waals surface area contributed by atoms with Gasteiger partial charge in [-0.1, -0.05) is 74.0 Å². The fourth-order valence-corrected chi connectivity index (χ4v) is 4.44. The average Bonchev–Trinajstić information content (AvgIpc) is 3.01. The molecule has 1 saturated carbocycles. The predicted octanol–water partition coefficient (Wildman–Crippen LogP) is 4.97. The van der Waals surface area contributed by atoms with Crippen LogP contribution >= 0.6 is 0 Å². The summed E-state index contributed by atoms with van der Waals surface area (Å²) in [5.74, 6) is -0.412. The molecule has 0 amide bonds. The van der Waals surface area contributed by atoms with Gasteiger partial charge in [0.2, 0.25) is 0 Å². The molecule has 3 rings (SSSR count). The standard InChI is InChI=1S/C23H29NO2/c1-3-20-14-21(15-23(20,2)22(25)26)24(16-18-10-6-4-7-11-18)17-19-12-8-5-9-13-19/h4-13,20-21H,3,14-17H2,1-2H3,(H,25,26)/t20-,21+,23?/m1/s1. The molecule has 138 valence electrons. The molecule has 0 saturated heterocycles. The molecule has 1 aliphatic rings. The number of carboxylic acid groups (broad SMARTS) is 1. The summed E-state index contributed by atoms with van der Waals surface area (Å²) in [6.07, 6.45) is 2.60. The van der Waals surface area contributed by atoms with Gasteiger partial charge in [-0.3, -0.25) is 9.69 Å². The van der Waals surface area contributed by atoms with Gasteiger partial charge in [0.15, 0.2) is 0 Å². The Bertz CT molecular complexity index is 674. The summed E-state index contributed by atoms with van der Waals surface area (Å²) in [5, 5.41) is 9.83. The van der Waals surface area contributed by atoms with Crippen LogP contribution in [0.2, 0.25) is 0 Å². The Morgan fingerprint density at radius 1 is 1.04 bits per heavy atom. The van der Waals surface area contributed by atoms with Crippen LogP contribution in [-0.4, -0.2) is 22.0 Å². The molecule has 2 aromatic carbocycles. The van der Waals surface area contributed by atoms with Gasteiger partial charge in [0, 0.05) is 19.1 Å². The van der Waals surface area contributed by atoms with Crippen molar-refractivity contribution in [1.29, 1.82) is 0 Å². The quantitative estimate of drug-likeness (QED) is 0.766. The fraction of sp³-hybridized carbons (Fsp3) is 0.435. The summed E-state index contributed by atoms with van der Waals surface area (Å²) in [4.78, 5) is 14.4. The molecule has 3 heteroatoms. The molecule has 1 aliphatic carbocycles. The molecule has 3 atom stereocenters. The second-order valence-corrected chi connectivity index (χ2v) is 7.80. The van der Waals surface area contributed by atoms with E-state index in [9.17, 15) is 9.90 Å². The average molecular weight is 351 g/mol. The maximum atomic E-state index is 12.0. The van der Waals surface area contributed by atoms with E-state index in [2.05, 4.69) is 60.4 Å². The van der Waals surface area contributed by atoms with Gasteiger partial charge in [0.05, 0.1) is 5.41 Å². The van der Waals surface area contributed by atoms with Crippen LogP contribution < -0.4 is 0 Å². The van der Waals surface area contributed by atoms with Crippen LogP contribution in [0.1, 0.15) is 44.2 Å². The first kappa shape index (κ1) is 18.7. The van der Waals surface area contributed by atoms with Crippen LogP contribution in [-0.2, 0) is 17.9 Å². The summed E-state index contributed by atoms with van der Waals surface area (Å²) in [7, 11) is 0. The zero-order valence-electron chi connectivity index (χ0n) is 15.8. The first-order valence-corrected chi connectivity index (χ1v) is 9.58. The number of hydrogen-bond donors (Lipinski definition) is 1. The lowest BCUT2D eigenvalue weighted by Gasteiger charge is -2.30. The molecule has 3 nitrogen and oxygen atoms in total. The number of carbonyl (C=O) groups is 1. The highest BCUT2D eigenvalue weighted by molar-refractivity contribution is 5.75. The number of hydrogen-bond acceptors (Lipinski definition) is 2. The van der Waals surface area contributed by atoms with Crippen LogP contribution in [0.25, 0.3) is 0 Å². The SMILES string of the molecule is CC[C@@H]1C[C@H](N(Cc2ccccc2)Cc2ccccc2)CC1(C)C(=O)O. The summed E-state index contributed by atoms with van der Waals surface area (Å²) >= 11 is 0. The smallest absolute Gasteiger partial charge is 0.309 e. The Balaban J connectivity index is 1.84. The van der Waals surface area contributed by atoms with Crippen LogP contribution in [0.4, 0.5) is 0 Å². The van der Waals surface area contributed by atoms with Crippen molar-refractivity contribution >= 4 is 5.97 Å². The normalized spacial score (nSPS) is 25.5. The largest absolute Gasteiger partial charge is 0.481 e. The minimum Gasteiger partial charge on any atom is -0.481 e. The van der Waals surface area contributed by atoms with E-state index in [4.69, 9.17) is 0 Å². The van der Waals surface area contributed by atoms with E-state index in [1.807, 2.05) is 19.1 Å². The molecular weight excluding hydrogens is 322 g/mol. The predicted molar refractivity (Wildman–Crippen MR) is 105 cm³/mol. The molecule has 0 spiro atoms. The van der Waals surface area contributed by atoms with Crippen molar-refractivity contribution < 1.29 is 9.90 Å². The molecule has 26 heavy (non-hydrogen) atoms. The van der Waals surface area contributed by atoms with E-state index in [1.165, 1.54) is 11.1 Å². The molecule has 2 aromatic rings. The van der Waals surface area contributed by atoms with Gasteiger partial charge in [0.1, 0.15) is 0 Å². The first-order chi connectivity index (χ1) is 12.5. The van der Waals surface area contributed by atoms with Gasteiger partial charge in [-0.15, -0.1) is 0 Å². The van der Waals surface area contributed by atoms with E-state index < -0.39 is 11.4 Å². The van der Waals surface area contributed by atoms with Crippen molar-refractivity contribution in [2.75, 3.05) is 0 Å². The maximum absolute atomic E-state index is 12.0. The van der Waals surface area contributed by atoms with Gasteiger partial charge in [-0.25, -0.2) is 0 Å². The third-order valence-corrected chi connectivity index (χ3v) is 6.07. The second-order valence-electron chi connectivity index (χ2n) is 7.80. The van der Waals surface area contributed by atoms with Crippen molar-refractivity contribution in [2.45, 2.75) is 52.2 Å². The Labute approximate surface area is 156 Å². The molecule has 0 aromatic heterocycles. The van der Waals surface area contributed by atoms with Crippen LogP contribution in [0, 0.1) is 11.3 Å². The third kappa shape index (κ3) is 3.99. The van der Waals surface area contributed by atoms with Gasteiger partial charge in [-0.2, -0.15) is 0 Å². The molecule has 0 aliphatic heterocycles. The fourth-order valence-electron chi connectivity index (χ4n) is 4.44. The monoisotopic (exact) mass is 351 g/mol. The zero-order valence-corrected chi connectivity index (χ0v) is 15.8. The van der Waals surface area contributed by atoms with Crippen molar-refractivity contribution in [1.82, 2.24) is 4.90 Å². The minimum absolute atomic E-state index is 0.235. The second kappa shape index (κ2) is 8.05. The molecule has 1 unspecified atom stereocenters. The van der Waals surface area contributed by atoms with Gasteiger partial charge in [0.25, 0.3) is 0 Å². The maximum Gasteiger partial charge on any atom is 0.309 e. The van der Waals surface area contributed by atoms with E-state index in [-0.39, 0.29) is 5.92 Å². The van der Waals surface area contributed by atoms with Crippen molar-refractivity contribution in [3.8, 4) is 0 Å². The molecule has 1 fully saturated rings. The highest BCUT2D eigenvalue weighted by Gasteiger charge is 2.49. The van der Waals surface area contributed by atoms with Gasteiger partial charge in [-0.05, 0) is 36.8 Å². The number of rotatable bonds is 7. The highest BCUT2D eigenvalue weighted by atomic mass is 16.4. The number of carboxylic acids is 1. The minimum atomic E-state index is -0.647. The lowest BCUT2D eigenvalue weighted by molar-refractivity contribution is -0.150. The number of nitrogens with zero attached hydrogens (tertiary/aromatic N) is 1. The van der Waals surface area contributed by atoms with Crippen LogP contribution in [0.5, 0.6) is 0 Å². The lowest BCUT2D eigenvalue weighted by Crippen LogP contribution is -2.35. The van der Waals surface area contributed by atoms with Gasteiger partial charge < -0.3 is 5.11 Å². The molecular formula is C23H29NO2. The molecule has 1 N–H and O–H groups in total. The Kier molecular flexibility index (Phi) is 5.77. The van der Waals surface area contributed by atoms with Crippen LogP contribution in [0.15, 0.2) is 60.7 Å². The van der Waals surface area contributed by atoms with Crippen molar-refractivity contribution in [3.05, 3.63) is 71.8 Å². The Morgan fingerprint density at radius 3 is 1.92 bits per heavy atom. The summed E-state index contributed by atoms with van der Waals surface area (Å²) in [5.41, 5.74) is 1.94.